The second-order valence-corrected chi connectivity index (χ2v) is 5.73. The summed E-state index contributed by atoms with van der Waals surface area (Å²) in [6.45, 7) is 2.36. The minimum Gasteiger partial charge on any atom is -0.478 e. The van der Waals surface area contributed by atoms with Crippen LogP contribution in [0.2, 0.25) is 0 Å². The Labute approximate surface area is 119 Å². The van der Waals surface area contributed by atoms with E-state index >= 15 is 0 Å². The van der Waals surface area contributed by atoms with Crippen molar-refractivity contribution >= 4 is 28.9 Å². The number of hydrogen-bond acceptors (Lipinski definition) is 4. The van der Waals surface area contributed by atoms with Gasteiger partial charge in [0.25, 0.3) is 0 Å². The molecular weight excluding hydrogens is 276 g/mol. The number of thiazole rings is 1. The number of benzene rings is 1. The van der Waals surface area contributed by atoms with Gasteiger partial charge >= 0.3 is 5.97 Å². The molecule has 1 amide bonds. The number of carbonyl (C=O) groups is 2. The van der Waals surface area contributed by atoms with Crippen molar-refractivity contribution in [1.29, 1.82) is 0 Å². The van der Waals surface area contributed by atoms with Crippen molar-refractivity contribution < 1.29 is 14.7 Å². The van der Waals surface area contributed by atoms with Gasteiger partial charge in [-0.05, 0) is 30.7 Å². The highest BCUT2D eigenvalue weighted by Crippen LogP contribution is 2.31. The molecule has 0 radical (unpaired) electrons. The van der Waals surface area contributed by atoms with E-state index < -0.39 is 5.97 Å². The van der Waals surface area contributed by atoms with Crippen molar-refractivity contribution in [3.05, 3.63) is 45.4 Å². The van der Waals surface area contributed by atoms with Crippen LogP contribution < -0.4 is 4.90 Å². The van der Waals surface area contributed by atoms with E-state index in [1.807, 2.05) is 12.3 Å². The fraction of sp³-hybridized carbons (Fsp3) is 0.214. The molecule has 6 heteroatoms. The zero-order chi connectivity index (χ0) is 14.3. The normalized spacial score (nSPS) is 13.7. The fourth-order valence-corrected chi connectivity index (χ4v) is 2.94. The van der Waals surface area contributed by atoms with Gasteiger partial charge in [0.2, 0.25) is 5.91 Å². The molecule has 0 fully saturated rings. The lowest BCUT2D eigenvalue weighted by molar-refractivity contribution is -0.117. The monoisotopic (exact) mass is 288 g/mol. The average molecular weight is 288 g/mol. The number of carboxylic acid groups (broad SMARTS) is 1. The van der Waals surface area contributed by atoms with Crippen molar-refractivity contribution in [1.82, 2.24) is 4.98 Å². The number of rotatable bonds is 3. The summed E-state index contributed by atoms with van der Waals surface area (Å²) in [4.78, 5) is 29.0. The van der Waals surface area contributed by atoms with Crippen molar-refractivity contribution in [3.8, 4) is 0 Å². The van der Waals surface area contributed by atoms with E-state index in [4.69, 9.17) is 5.11 Å². The molecule has 0 unspecified atom stereocenters. The Kier molecular flexibility index (Phi) is 3.02. The molecule has 1 aromatic carbocycles. The number of hydrogen-bond donors (Lipinski definition) is 1. The minimum atomic E-state index is -0.978. The quantitative estimate of drug-likeness (QED) is 0.940. The van der Waals surface area contributed by atoms with Gasteiger partial charge in [0.15, 0.2) is 0 Å². The molecule has 1 aromatic heterocycles. The van der Waals surface area contributed by atoms with Gasteiger partial charge in [-0.25, -0.2) is 9.78 Å². The number of aromatic carboxylic acids is 1. The van der Waals surface area contributed by atoms with Crippen LogP contribution in [0.25, 0.3) is 0 Å². The largest absolute Gasteiger partial charge is 0.478 e. The molecule has 1 N–H and O–H groups in total. The number of aryl methyl sites for hydroxylation is 1. The summed E-state index contributed by atoms with van der Waals surface area (Å²) in [5, 5.41) is 11.9. The second-order valence-electron chi connectivity index (χ2n) is 4.66. The molecule has 2 heterocycles. The summed E-state index contributed by atoms with van der Waals surface area (Å²) in [6, 6.07) is 4.80. The molecule has 5 nitrogen and oxygen atoms in total. The number of aromatic nitrogens is 1. The average Bonchev–Trinajstić information content (AvgIpc) is 2.94. The highest BCUT2D eigenvalue weighted by molar-refractivity contribution is 7.09. The van der Waals surface area contributed by atoms with Crippen LogP contribution in [-0.4, -0.2) is 22.0 Å². The van der Waals surface area contributed by atoms with Crippen molar-refractivity contribution in [2.24, 2.45) is 0 Å². The first kappa shape index (κ1) is 12.8. The predicted molar refractivity (Wildman–Crippen MR) is 75.1 cm³/mol. The van der Waals surface area contributed by atoms with Gasteiger partial charge in [-0.3, -0.25) is 4.79 Å². The molecule has 0 spiro atoms. The van der Waals surface area contributed by atoms with E-state index in [1.165, 1.54) is 6.07 Å². The van der Waals surface area contributed by atoms with E-state index in [2.05, 4.69) is 4.98 Å². The molecule has 0 saturated heterocycles. The maximum Gasteiger partial charge on any atom is 0.335 e. The molecule has 3 rings (SSSR count). The fourth-order valence-electron chi connectivity index (χ4n) is 2.33. The lowest BCUT2D eigenvalue weighted by atomic mass is 10.1. The van der Waals surface area contributed by atoms with Crippen molar-refractivity contribution in [3.63, 3.8) is 0 Å². The first-order chi connectivity index (χ1) is 9.54. The van der Waals surface area contributed by atoms with Crippen molar-refractivity contribution in [2.45, 2.75) is 19.9 Å². The molecule has 0 saturated carbocycles. The topological polar surface area (TPSA) is 70.5 Å². The first-order valence-corrected chi connectivity index (χ1v) is 7.00. The minimum absolute atomic E-state index is 0.0202. The third-order valence-corrected chi connectivity index (χ3v) is 4.07. The molecule has 0 atom stereocenters. The Morgan fingerprint density at radius 2 is 2.30 bits per heavy atom. The number of anilines is 1. The van der Waals surface area contributed by atoms with Crippen LogP contribution >= 0.6 is 11.3 Å². The SMILES string of the molecule is Cc1nc(CN2C(=O)Cc3cc(C(=O)O)ccc32)cs1. The van der Waals surface area contributed by atoms with E-state index in [0.717, 1.165) is 22.0 Å². The van der Waals surface area contributed by atoms with Crippen LogP contribution in [0.15, 0.2) is 23.6 Å². The van der Waals surface area contributed by atoms with Gasteiger partial charge in [-0.15, -0.1) is 11.3 Å². The number of fused-ring (bicyclic) bond motifs is 1. The van der Waals surface area contributed by atoms with Crippen LogP contribution in [0.1, 0.15) is 26.6 Å². The number of carbonyl (C=O) groups excluding carboxylic acids is 1. The Bertz CT molecular complexity index is 708. The zero-order valence-electron chi connectivity index (χ0n) is 10.8. The Morgan fingerprint density at radius 3 is 2.95 bits per heavy atom. The highest BCUT2D eigenvalue weighted by Gasteiger charge is 2.28. The van der Waals surface area contributed by atoms with E-state index in [9.17, 15) is 9.59 Å². The maximum atomic E-state index is 12.1. The molecule has 1 aliphatic rings. The third kappa shape index (κ3) is 2.18. The molecule has 20 heavy (non-hydrogen) atoms. The second kappa shape index (κ2) is 4.72. The van der Waals surface area contributed by atoms with E-state index in [1.54, 1.807) is 28.4 Å². The summed E-state index contributed by atoms with van der Waals surface area (Å²) in [6.07, 6.45) is 0.250. The molecular formula is C14H12N2O3S. The van der Waals surface area contributed by atoms with Crippen molar-refractivity contribution in [2.75, 3.05) is 4.90 Å². The van der Waals surface area contributed by atoms with E-state index in [-0.39, 0.29) is 17.9 Å². The van der Waals surface area contributed by atoms with Crippen LogP contribution in [0.3, 0.4) is 0 Å². The standard InChI is InChI=1S/C14H12N2O3S/c1-8-15-11(7-20-8)6-16-12-3-2-9(14(18)19)4-10(12)5-13(16)17/h2-4,7H,5-6H2,1H3,(H,18,19). The highest BCUT2D eigenvalue weighted by atomic mass is 32.1. The summed E-state index contributed by atoms with van der Waals surface area (Å²) < 4.78 is 0. The first-order valence-electron chi connectivity index (χ1n) is 6.12. The van der Waals surface area contributed by atoms with Gasteiger partial charge in [0.1, 0.15) is 0 Å². The summed E-state index contributed by atoms with van der Waals surface area (Å²) in [5.41, 5.74) is 2.62. The lowest BCUT2D eigenvalue weighted by Crippen LogP contribution is -2.26. The molecule has 1 aliphatic heterocycles. The van der Waals surface area contributed by atoms with Crippen LogP contribution in [0, 0.1) is 6.92 Å². The molecule has 102 valence electrons. The maximum absolute atomic E-state index is 12.1. The molecule has 0 bridgehead atoms. The predicted octanol–water partition coefficient (Wildman–Crippen LogP) is 2.24. The Hall–Kier alpha value is -2.21. The van der Waals surface area contributed by atoms with Gasteiger partial charge in [0.05, 0.1) is 29.2 Å². The van der Waals surface area contributed by atoms with E-state index in [0.29, 0.717) is 6.54 Å². The zero-order valence-corrected chi connectivity index (χ0v) is 11.6. The van der Waals surface area contributed by atoms with Crippen LogP contribution in [-0.2, 0) is 17.8 Å². The number of amides is 1. The van der Waals surface area contributed by atoms with Gasteiger partial charge in [-0.2, -0.15) is 0 Å². The summed E-state index contributed by atoms with van der Waals surface area (Å²) in [7, 11) is 0. The van der Waals surface area contributed by atoms with Gasteiger partial charge < -0.3 is 10.0 Å². The summed E-state index contributed by atoms with van der Waals surface area (Å²) >= 11 is 1.55. The van der Waals surface area contributed by atoms with Gasteiger partial charge in [0, 0.05) is 11.1 Å². The Morgan fingerprint density at radius 1 is 1.50 bits per heavy atom. The van der Waals surface area contributed by atoms with Crippen LogP contribution in [0.4, 0.5) is 5.69 Å². The van der Waals surface area contributed by atoms with Gasteiger partial charge in [-0.1, -0.05) is 0 Å². The Balaban J connectivity index is 1.92. The molecule has 0 aliphatic carbocycles. The summed E-state index contributed by atoms with van der Waals surface area (Å²) in [5.74, 6) is -0.998. The van der Waals surface area contributed by atoms with Crippen LogP contribution in [0.5, 0.6) is 0 Å². The number of carboxylic acids is 1. The smallest absolute Gasteiger partial charge is 0.335 e. The third-order valence-electron chi connectivity index (χ3n) is 3.25. The molecule has 2 aromatic rings. The number of nitrogens with zero attached hydrogens (tertiary/aromatic N) is 2. The lowest BCUT2D eigenvalue weighted by Gasteiger charge is -2.16.